The van der Waals surface area contributed by atoms with Gasteiger partial charge in [-0.15, -0.1) is 0 Å². The molecule has 0 saturated heterocycles. The van der Waals surface area contributed by atoms with Crippen LogP contribution in [0.1, 0.15) is 25.0 Å². The smallest absolute Gasteiger partial charge is 0.171 e. The van der Waals surface area contributed by atoms with E-state index in [-0.39, 0.29) is 0 Å². The number of nitrogens with zero attached hydrogens (tertiary/aromatic N) is 3. The fraction of sp³-hybridized carbons (Fsp3) is 0.0545. The fourth-order valence-corrected chi connectivity index (χ4v) is 11.3. The van der Waals surface area contributed by atoms with Crippen LogP contribution in [-0.2, 0) is 4.57 Å². The molecule has 1 heterocycles. The highest BCUT2D eigenvalue weighted by atomic mass is 31.2. The summed E-state index contributed by atoms with van der Waals surface area (Å²) in [5.41, 5.74) is 9.21. The van der Waals surface area contributed by atoms with Gasteiger partial charge in [0.25, 0.3) is 0 Å². The van der Waals surface area contributed by atoms with Gasteiger partial charge in [0.1, 0.15) is 5.84 Å². The summed E-state index contributed by atoms with van der Waals surface area (Å²) < 4.78 is 18.1. The SMILES string of the molecule is CC(=Nc1ccccc1C)c1ccccc1N=C(C)n1c2ccccc2c2cc(-c3ccc(P(=O)(c4ccc5ccccc5c4)c4ccc5ccccc5c4)cc3)ccc21. The molecule has 0 aliphatic carbocycles. The average Bonchev–Trinajstić information content (AvgIpc) is 3.63. The molecule has 0 saturated carbocycles. The minimum absolute atomic E-state index is 0.806. The van der Waals surface area contributed by atoms with Crippen molar-refractivity contribution in [3.63, 3.8) is 0 Å². The normalized spacial score (nSPS) is 12.5. The van der Waals surface area contributed by atoms with Gasteiger partial charge < -0.3 is 4.57 Å². The van der Waals surface area contributed by atoms with E-state index >= 15 is 4.57 Å². The Morgan fingerprint density at radius 1 is 0.450 bits per heavy atom. The first-order chi connectivity index (χ1) is 29.3. The van der Waals surface area contributed by atoms with Crippen molar-refractivity contribution in [3.05, 3.63) is 211 Å². The van der Waals surface area contributed by atoms with Crippen LogP contribution in [0, 0.1) is 6.92 Å². The van der Waals surface area contributed by atoms with Gasteiger partial charge in [0.05, 0.1) is 22.4 Å². The third kappa shape index (κ3) is 6.56. The quantitative estimate of drug-likeness (QED) is 0.0901. The first-order valence-corrected chi connectivity index (χ1v) is 22.0. The Bertz CT molecular complexity index is 3310. The highest BCUT2D eigenvalue weighted by Crippen LogP contribution is 2.44. The van der Waals surface area contributed by atoms with E-state index in [4.69, 9.17) is 9.98 Å². The van der Waals surface area contributed by atoms with Gasteiger partial charge in [0.15, 0.2) is 7.14 Å². The highest BCUT2D eigenvalue weighted by Gasteiger charge is 2.30. The summed E-state index contributed by atoms with van der Waals surface area (Å²) >= 11 is 0. The zero-order valence-corrected chi connectivity index (χ0v) is 34.6. The lowest BCUT2D eigenvalue weighted by molar-refractivity contribution is 0.592. The molecule has 0 N–H and O–H groups in total. The lowest BCUT2D eigenvalue weighted by Gasteiger charge is -2.21. The van der Waals surface area contributed by atoms with Crippen LogP contribution < -0.4 is 15.9 Å². The average molecular weight is 792 g/mol. The molecule has 0 spiro atoms. The van der Waals surface area contributed by atoms with E-state index in [1.165, 1.54) is 0 Å². The van der Waals surface area contributed by atoms with Gasteiger partial charge in [-0.25, -0.2) is 4.99 Å². The molecule has 0 aliphatic rings. The van der Waals surface area contributed by atoms with E-state index in [0.29, 0.717) is 0 Å². The molecule has 0 unspecified atom stereocenters. The number of rotatable bonds is 7. The molecule has 0 aliphatic heterocycles. The predicted molar refractivity (Wildman–Crippen MR) is 257 cm³/mol. The van der Waals surface area contributed by atoms with Crippen molar-refractivity contribution in [1.29, 1.82) is 0 Å². The van der Waals surface area contributed by atoms with Crippen LogP contribution >= 0.6 is 7.14 Å². The second-order valence-corrected chi connectivity index (χ2v) is 18.2. The predicted octanol–water partition coefficient (Wildman–Crippen LogP) is 13.5. The summed E-state index contributed by atoms with van der Waals surface area (Å²) in [6.07, 6.45) is 0. The lowest BCUT2D eigenvalue weighted by Crippen LogP contribution is -2.25. The number of hydrogen-bond donors (Lipinski definition) is 0. The molecule has 0 amide bonds. The molecule has 0 fully saturated rings. The van der Waals surface area contributed by atoms with Crippen LogP contribution in [0.4, 0.5) is 11.4 Å². The van der Waals surface area contributed by atoms with Crippen molar-refractivity contribution >= 4 is 89.3 Å². The number of benzene rings is 9. The van der Waals surface area contributed by atoms with E-state index in [0.717, 1.165) is 104 Å². The van der Waals surface area contributed by atoms with Crippen LogP contribution in [-0.4, -0.2) is 16.1 Å². The summed E-state index contributed by atoms with van der Waals surface area (Å²) in [6, 6.07) is 69.0. The molecular weight excluding hydrogens is 750 g/mol. The third-order valence-electron chi connectivity index (χ3n) is 11.7. The molecule has 1 aromatic heterocycles. The second-order valence-electron chi connectivity index (χ2n) is 15.5. The number of para-hydroxylation sites is 3. The highest BCUT2D eigenvalue weighted by molar-refractivity contribution is 7.85. The maximum atomic E-state index is 15.8. The summed E-state index contributed by atoms with van der Waals surface area (Å²) in [5, 5.41) is 9.16. The molecular formula is C55H42N3OP. The van der Waals surface area contributed by atoms with Crippen LogP contribution in [0.2, 0.25) is 0 Å². The summed E-state index contributed by atoms with van der Waals surface area (Å²) in [4.78, 5) is 10.2. The van der Waals surface area contributed by atoms with Gasteiger partial charge in [0, 0.05) is 38.0 Å². The zero-order chi connectivity index (χ0) is 40.8. The van der Waals surface area contributed by atoms with Gasteiger partial charge >= 0.3 is 0 Å². The molecule has 0 radical (unpaired) electrons. The number of aliphatic imine (C=N–C) groups is 2. The number of aromatic nitrogens is 1. The maximum Gasteiger partial charge on any atom is 0.171 e. The molecule has 0 atom stereocenters. The standard InChI is InChI=1S/C55H42N3OP/c1-37-14-4-11-21-52(37)56-38(2)49-19-9-12-22-53(49)57-39(3)58-54-23-13-10-20-50(54)51-36-45(28-33-55(51)58)42-24-29-46(30-25-42)60(59,47-31-26-40-15-5-7-17-43(40)34-47)48-32-27-41-16-6-8-18-44(41)35-48/h4-36H,1-3H3. The Morgan fingerprint density at radius 3 is 1.67 bits per heavy atom. The molecule has 9 aromatic carbocycles. The van der Waals surface area contributed by atoms with Crippen molar-refractivity contribution in [1.82, 2.24) is 4.57 Å². The molecule has 10 rings (SSSR count). The van der Waals surface area contributed by atoms with Gasteiger partial charge in [-0.2, -0.15) is 0 Å². The van der Waals surface area contributed by atoms with Gasteiger partial charge in [-0.3, -0.25) is 9.56 Å². The summed E-state index contributed by atoms with van der Waals surface area (Å²) in [6.45, 7) is 6.21. The van der Waals surface area contributed by atoms with Crippen molar-refractivity contribution in [2.24, 2.45) is 9.98 Å². The number of aryl methyl sites for hydroxylation is 1. The largest absolute Gasteiger partial charge is 0.309 e. The summed E-state index contributed by atoms with van der Waals surface area (Å²) in [5.74, 6) is 0.868. The minimum atomic E-state index is -3.26. The molecule has 0 bridgehead atoms. The molecule has 4 nitrogen and oxygen atoms in total. The molecule has 5 heteroatoms. The molecule has 60 heavy (non-hydrogen) atoms. The van der Waals surface area contributed by atoms with Crippen molar-refractivity contribution in [2.45, 2.75) is 20.8 Å². The van der Waals surface area contributed by atoms with Crippen molar-refractivity contribution in [3.8, 4) is 11.1 Å². The Hall–Kier alpha value is -7.13. The first kappa shape index (κ1) is 37.2. The van der Waals surface area contributed by atoms with E-state index in [1.54, 1.807) is 0 Å². The van der Waals surface area contributed by atoms with Crippen molar-refractivity contribution in [2.75, 3.05) is 0 Å². The number of fused-ring (bicyclic) bond motifs is 5. The minimum Gasteiger partial charge on any atom is -0.309 e. The topological polar surface area (TPSA) is 46.7 Å². The monoisotopic (exact) mass is 791 g/mol. The Labute approximate surface area is 350 Å². The van der Waals surface area contributed by atoms with E-state index in [9.17, 15) is 0 Å². The zero-order valence-electron chi connectivity index (χ0n) is 33.7. The molecule has 10 aromatic rings. The molecule has 288 valence electrons. The van der Waals surface area contributed by atoms with Gasteiger partial charge in [-0.1, -0.05) is 158 Å². The fourth-order valence-electron chi connectivity index (χ4n) is 8.59. The van der Waals surface area contributed by atoms with E-state index in [2.05, 4.69) is 159 Å². The second kappa shape index (κ2) is 15.2. The Morgan fingerprint density at radius 2 is 0.983 bits per heavy atom. The van der Waals surface area contributed by atoms with Crippen LogP contribution in [0.3, 0.4) is 0 Å². The van der Waals surface area contributed by atoms with Gasteiger partial charge in [-0.05, 0) is 101 Å². The van der Waals surface area contributed by atoms with E-state index < -0.39 is 7.14 Å². The number of hydrogen-bond acceptors (Lipinski definition) is 3. The first-order valence-electron chi connectivity index (χ1n) is 20.3. The maximum absolute atomic E-state index is 15.8. The van der Waals surface area contributed by atoms with Crippen LogP contribution in [0.5, 0.6) is 0 Å². The summed E-state index contributed by atoms with van der Waals surface area (Å²) in [7, 11) is -3.26. The lowest BCUT2D eigenvalue weighted by atomic mass is 10.0. The Kier molecular flexibility index (Phi) is 9.43. The van der Waals surface area contributed by atoms with E-state index in [1.807, 2.05) is 66.7 Å². The van der Waals surface area contributed by atoms with Crippen molar-refractivity contribution < 1.29 is 4.57 Å². The Balaban J connectivity index is 1.05. The van der Waals surface area contributed by atoms with Crippen LogP contribution in [0.15, 0.2) is 210 Å². The van der Waals surface area contributed by atoms with Crippen LogP contribution in [0.25, 0.3) is 54.5 Å². The third-order valence-corrected chi connectivity index (χ3v) is 14.8. The van der Waals surface area contributed by atoms with Gasteiger partial charge in [0.2, 0.25) is 0 Å².